The highest BCUT2D eigenvalue weighted by atomic mass is 16.5. The van der Waals surface area contributed by atoms with Crippen molar-refractivity contribution in [1.82, 2.24) is 5.32 Å². The molecule has 0 aromatic carbocycles. The van der Waals surface area contributed by atoms with Crippen molar-refractivity contribution < 1.29 is 4.74 Å². The average Bonchev–Trinajstić information content (AvgIpc) is 3.29. The van der Waals surface area contributed by atoms with E-state index in [0.717, 1.165) is 18.6 Å². The highest BCUT2D eigenvalue weighted by Gasteiger charge is 2.36. The van der Waals surface area contributed by atoms with Crippen LogP contribution in [0.1, 0.15) is 77.6 Å². The number of unbranched alkanes of at least 4 members (excludes halogenated alkanes) is 1. The van der Waals surface area contributed by atoms with E-state index < -0.39 is 0 Å². The smallest absolute Gasteiger partial charge is 0.0462 e. The molecule has 2 heteroatoms. The maximum atomic E-state index is 5.27. The van der Waals surface area contributed by atoms with E-state index in [1.807, 2.05) is 7.11 Å². The standard InChI is InChI=1S/C18H35NO/c1-3-4-6-16-9-12-18(13-10-16,11-5-14-20-2)15-19-17-7-8-17/h16-17,19H,3-15H2,1-2H3. The molecule has 0 aliphatic heterocycles. The van der Waals surface area contributed by atoms with Crippen LogP contribution in [-0.4, -0.2) is 26.3 Å². The molecule has 0 amide bonds. The van der Waals surface area contributed by atoms with E-state index in [2.05, 4.69) is 12.2 Å². The summed E-state index contributed by atoms with van der Waals surface area (Å²) in [5, 5.41) is 3.81. The molecule has 0 spiro atoms. The van der Waals surface area contributed by atoms with Gasteiger partial charge in [0.2, 0.25) is 0 Å². The van der Waals surface area contributed by atoms with Crippen molar-refractivity contribution in [2.45, 2.75) is 83.6 Å². The number of hydrogen-bond donors (Lipinski definition) is 1. The van der Waals surface area contributed by atoms with Gasteiger partial charge in [0.25, 0.3) is 0 Å². The lowest BCUT2D eigenvalue weighted by Gasteiger charge is -2.41. The zero-order valence-corrected chi connectivity index (χ0v) is 13.8. The minimum absolute atomic E-state index is 0.587. The predicted octanol–water partition coefficient (Wildman–Crippen LogP) is 4.53. The SMILES string of the molecule is CCCCC1CCC(CCCOC)(CNC2CC2)CC1. The molecule has 2 fully saturated rings. The van der Waals surface area contributed by atoms with E-state index in [0.29, 0.717) is 5.41 Å². The summed E-state index contributed by atoms with van der Waals surface area (Å²) in [6.07, 6.45) is 15.5. The van der Waals surface area contributed by atoms with Crippen LogP contribution in [0.4, 0.5) is 0 Å². The fourth-order valence-corrected chi connectivity index (χ4v) is 3.83. The van der Waals surface area contributed by atoms with Gasteiger partial charge in [-0.05, 0) is 62.7 Å². The van der Waals surface area contributed by atoms with Crippen LogP contribution < -0.4 is 5.32 Å². The third-order valence-corrected chi connectivity index (χ3v) is 5.53. The molecule has 0 heterocycles. The Balaban J connectivity index is 1.77. The van der Waals surface area contributed by atoms with Gasteiger partial charge in [0, 0.05) is 26.3 Å². The zero-order valence-electron chi connectivity index (χ0n) is 13.8. The fraction of sp³-hybridized carbons (Fsp3) is 1.00. The Hall–Kier alpha value is -0.0800. The molecule has 2 aliphatic rings. The maximum Gasteiger partial charge on any atom is 0.0462 e. The lowest BCUT2D eigenvalue weighted by atomic mass is 9.67. The average molecular weight is 281 g/mol. The number of ether oxygens (including phenoxy) is 1. The summed E-state index contributed by atoms with van der Waals surface area (Å²) in [5.41, 5.74) is 0.587. The van der Waals surface area contributed by atoms with E-state index in [9.17, 15) is 0 Å². The third kappa shape index (κ3) is 5.37. The summed E-state index contributed by atoms with van der Waals surface area (Å²) in [4.78, 5) is 0. The number of hydrogen-bond acceptors (Lipinski definition) is 2. The molecule has 2 saturated carbocycles. The van der Waals surface area contributed by atoms with E-state index in [1.54, 1.807) is 0 Å². The third-order valence-electron chi connectivity index (χ3n) is 5.53. The van der Waals surface area contributed by atoms with Crippen molar-refractivity contribution >= 4 is 0 Å². The van der Waals surface area contributed by atoms with Crippen LogP contribution >= 0.6 is 0 Å². The van der Waals surface area contributed by atoms with E-state index in [-0.39, 0.29) is 0 Å². The predicted molar refractivity (Wildman–Crippen MR) is 86.1 cm³/mol. The summed E-state index contributed by atoms with van der Waals surface area (Å²) < 4.78 is 5.27. The highest BCUT2D eigenvalue weighted by molar-refractivity contribution is 4.91. The van der Waals surface area contributed by atoms with Gasteiger partial charge < -0.3 is 10.1 Å². The van der Waals surface area contributed by atoms with Crippen LogP contribution in [0.15, 0.2) is 0 Å². The first-order chi connectivity index (χ1) is 9.78. The second-order valence-electron chi connectivity index (χ2n) is 7.34. The molecule has 0 aromatic rings. The normalized spacial score (nSPS) is 30.6. The molecular weight excluding hydrogens is 246 g/mol. The highest BCUT2D eigenvalue weighted by Crippen LogP contribution is 2.43. The van der Waals surface area contributed by atoms with Gasteiger partial charge in [0.1, 0.15) is 0 Å². The largest absolute Gasteiger partial charge is 0.385 e. The van der Waals surface area contributed by atoms with Crippen LogP contribution in [0.2, 0.25) is 0 Å². The van der Waals surface area contributed by atoms with Gasteiger partial charge in [-0.1, -0.05) is 26.2 Å². The molecule has 0 radical (unpaired) electrons. The second-order valence-corrected chi connectivity index (χ2v) is 7.34. The maximum absolute atomic E-state index is 5.27. The quantitative estimate of drug-likeness (QED) is 0.594. The Morgan fingerprint density at radius 3 is 2.45 bits per heavy atom. The molecule has 0 bridgehead atoms. The van der Waals surface area contributed by atoms with Crippen molar-refractivity contribution in [2.24, 2.45) is 11.3 Å². The molecule has 2 aliphatic carbocycles. The molecule has 0 atom stereocenters. The lowest BCUT2D eigenvalue weighted by molar-refractivity contribution is 0.106. The van der Waals surface area contributed by atoms with Crippen LogP contribution in [0.3, 0.4) is 0 Å². The minimum atomic E-state index is 0.587. The molecular formula is C18H35NO. The van der Waals surface area contributed by atoms with Crippen molar-refractivity contribution in [2.75, 3.05) is 20.3 Å². The first kappa shape index (κ1) is 16.3. The van der Waals surface area contributed by atoms with Gasteiger partial charge in [-0.2, -0.15) is 0 Å². The summed E-state index contributed by atoms with van der Waals surface area (Å²) in [6.45, 7) is 4.52. The summed E-state index contributed by atoms with van der Waals surface area (Å²) in [5.74, 6) is 1.02. The number of rotatable bonds is 10. The summed E-state index contributed by atoms with van der Waals surface area (Å²) >= 11 is 0. The molecule has 2 rings (SSSR count). The fourth-order valence-electron chi connectivity index (χ4n) is 3.83. The van der Waals surface area contributed by atoms with Gasteiger partial charge >= 0.3 is 0 Å². The zero-order chi connectivity index (χ0) is 14.3. The molecule has 0 aromatic heterocycles. The van der Waals surface area contributed by atoms with Crippen LogP contribution in [0.25, 0.3) is 0 Å². The van der Waals surface area contributed by atoms with E-state index in [4.69, 9.17) is 4.74 Å². The molecule has 1 N–H and O–H groups in total. The van der Waals surface area contributed by atoms with Gasteiger partial charge in [0.15, 0.2) is 0 Å². The Kier molecular flexibility index (Phi) is 6.83. The second kappa shape index (κ2) is 8.38. The molecule has 118 valence electrons. The number of methoxy groups -OCH3 is 1. The molecule has 2 nitrogen and oxygen atoms in total. The first-order valence-corrected chi connectivity index (χ1v) is 9.00. The van der Waals surface area contributed by atoms with Crippen LogP contribution in [0.5, 0.6) is 0 Å². The van der Waals surface area contributed by atoms with Crippen molar-refractivity contribution in [3.8, 4) is 0 Å². The minimum Gasteiger partial charge on any atom is -0.385 e. The Morgan fingerprint density at radius 1 is 1.10 bits per heavy atom. The molecule has 0 saturated heterocycles. The topological polar surface area (TPSA) is 21.3 Å². The van der Waals surface area contributed by atoms with Gasteiger partial charge in [-0.15, -0.1) is 0 Å². The summed E-state index contributed by atoms with van der Waals surface area (Å²) in [7, 11) is 1.83. The van der Waals surface area contributed by atoms with Crippen LogP contribution in [0, 0.1) is 11.3 Å². The van der Waals surface area contributed by atoms with Gasteiger partial charge in [-0.3, -0.25) is 0 Å². The van der Waals surface area contributed by atoms with Crippen LogP contribution in [-0.2, 0) is 4.74 Å². The van der Waals surface area contributed by atoms with E-state index >= 15 is 0 Å². The summed E-state index contributed by atoms with van der Waals surface area (Å²) in [6, 6.07) is 0.854. The van der Waals surface area contributed by atoms with Crippen molar-refractivity contribution in [1.29, 1.82) is 0 Å². The molecule has 20 heavy (non-hydrogen) atoms. The van der Waals surface area contributed by atoms with Crippen molar-refractivity contribution in [3.63, 3.8) is 0 Å². The Labute approximate surface area is 126 Å². The van der Waals surface area contributed by atoms with Gasteiger partial charge in [-0.25, -0.2) is 0 Å². The van der Waals surface area contributed by atoms with Crippen molar-refractivity contribution in [3.05, 3.63) is 0 Å². The Bertz CT molecular complexity index is 254. The molecule has 0 unspecified atom stereocenters. The Morgan fingerprint density at radius 2 is 1.85 bits per heavy atom. The lowest BCUT2D eigenvalue weighted by Crippen LogP contribution is -2.38. The van der Waals surface area contributed by atoms with Gasteiger partial charge in [0.05, 0.1) is 0 Å². The van der Waals surface area contributed by atoms with E-state index in [1.165, 1.54) is 77.2 Å². The monoisotopic (exact) mass is 281 g/mol. The number of nitrogens with one attached hydrogen (secondary N) is 1. The first-order valence-electron chi connectivity index (χ1n) is 9.00.